The normalized spacial score (nSPS) is 14.5. The van der Waals surface area contributed by atoms with Gasteiger partial charge in [0.25, 0.3) is 0 Å². The summed E-state index contributed by atoms with van der Waals surface area (Å²) < 4.78 is 5.68. The number of hydrogen-bond donors (Lipinski definition) is 1. The van der Waals surface area contributed by atoms with Crippen LogP contribution in [0.15, 0.2) is 36.4 Å². The van der Waals surface area contributed by atoms with Gasteiger partial charge >= 0.3 is 0 Å². The standard InChI is InChI=1S/C25H29N3O2/c1-17(2)30-24-10-8-20(12-22(24)13-26)6-5-19-7-9-21(18(3)11-19)14-28-15-23(16-28)25(29)27-4/h5-12,17,23H,14-16H2,1-4H3,(H,27,29)/b6-5+. The van der Waals surface area contributed by atoms with Crippen molar-refractivity contribution in [2.75, 3.05) is 20.1 Å². The summed E-state index contributed by atoms with van der Waals surface area (Å²) in [6.07, 6.45) is 4.10. The molecule has 2 aromatic carbocycles. The molecule has 5 heteroatoms. The van der Waals surface area contributed by atoms with E-state index < -0.39 is 0 Å². The molecule has 0 aliphatic carbocycles. The average Bonchev–Trinajstić information content (AvgIpc) is 2.69. The number of amides is 1. The predicted octanol–water partition coefficient (Wildman–Crippen LogP) is 4.00. The van der Waals surface area contributed by atoms with Crippen molar-refractivity contribution < 1.29 is 9.53 Å². The number of likely N-dealkylation sites (tertiary alicyclic amines) is 1. The Hall–Kier alpha value is -3.10. The largest absolute Gasteiger partial charge is 0.490 e. The number of carbonyl (C=O) groups excluding carboxylic acids is 1. The zero-order chi connectivity index (χ0) is 21.7. The van der Waals surface area contributed by atoms with Crippen LogP contribution in [0.5, 0.6) is 5.75 Å². The van der Waals surface area contributed by atoms with Crippen LogP contribution in [0, 0.1) is 24.2 Å². The molecule has 5 nitrogen and oxygen atoms in total. The third-order valence-corrected chi connectivity index (χ3v) is 5.29. The van der Waals surface area contributed by atoms with E-state index in [0.717, 1.165) is 30.8 Å². The van der Waals surface area contributed by atoms with Crippen LogP contribution < -0.4 is 10.1 Å². The summed E-state index contributed by atoms with van der Waals surface area (Å²) in [7, 11) is 1.69. The third kappa shape index (κ3) is 5.28. The van der Waals surface area contributed by atoms with Crippen molar-refractivity contribution in [2.24, 2.45) is 5.92 Å². The second kappa shape index (κ2) is 9.60. The molecule has 0 atom stereocenters. The van der Waals surface area contributed by atoms with Crippen LogP contribution >= 0.6 is 0 Å². The topological polar surface area (TPSA) is 65.4 Å². The summed E-state index contributed by atoms with van der Waals surface area (Å²) in [5.41, 5.74) is 5.14. The zero-order valence-corrected chi connectivity index (χ0v) is 18.1. The zero-order valence-electron chi connectivity index (χ0n) is 18.1. The van der Waals surface area contributed by atoms with Gasteiger partial charge in [-0.25, -0.2) is 0 Å². The lowest BCUT2D eigenvalue weighted by molar-refractivity contribution is -0.129. The molecule has 156 valence electrons. The van der Waals surface area contributed by atoms with Gasteiger partial charge in [-0.05, 0) is 55.2 Å². The second-order valence-corrected chi connectivity index (χ2v) is 8.06. The molecule has 1 fully saturated rings. The second-order valence-electron chi connectivity index (χ2n) is 8.06. The van der Waals surface area contributed by atoms with Crippen LogP contribution in [0.4, 0.5) is 0 Å². The van der Waals surface area contributed by atoms with Crippen molar-refractivity contribution in [2.45, 2.75) is 33.4 Å². The lowest BCUT2D eigenvalue weighted by Gasteiger charge is -2.38. The van der Waals surface area contributed by atoms with Gasteiger partial charge in [-0.2, -0.15) is 5.26 Å². The molecule has 1 N–H and O–H groups in total. The number of rotatable bonds is 7. The van der Waals surface area contributed by atoms with Gasteiger partial charge in [-0.15, -0.1) is 0 Å². The number of nitriles is 1. The highest BCUT2D eigenvalue weighted by molar-refractivity contribution is 5.79. The molecule has 2 aromatic rings. The summed E-state index contributed by atoms with van der Waals surface area (Å²) in [6, 6.07) is 14.3. The van der Waals surface area contributed by atoms with E-state index in [2.05, 4.69) is 47.5 Å². The van der Waals surface area contributed by atoms with Crippen molar-refractivity contribution in [1.82, 2.24) is 10.2 Å². The minimum absolute atomic E-state index is 0.0333. The minimum atomic E-state index is 0.0333. The Labute approximate surface area is 179 Å². The molecular formula is C25H29N3O2. The maximum atomic E-state index is 11.6. The van der Waals surface area contributed by atoms with Gasteiger partial charge in [0.05, 0.1) is 17.6 Å². The molecule has 0 saturated carbocycles. The molecule has 1 aliphatic heterocycles. The maximum absolute atomic E-state index is 11.6. The van der Waals surface area contributed by atoms with Gasteiger partial charge in [0, 0.05) is 26.7 Å². The molecule has 30 heavy (non-hydrogen) atoms. The van der Waals surface area contributed by atoms with E-state index in [1.807, 2.05) is 38.1 Å². The Morgan fingerprint density at radius 2 is 1.90 bits per heavy atom. The van der Waals surface area contributed by atoms with E-state index in [1.165, 1.54) is 11.1 Å². The fourth-order valence-electron chi connectivity index (χ4n) is 3.60. The van der Waals surface area contributed by atoms with Crippen molar-refractivity contribution in [1.29, 1.82) is 5.26 Å². The Kier molecular flexibility index (Phi) is 6.91. The van der Waals surface area contributed by atoms with Crippen LogP contribution in [0.3, 0.4) is 0 Å². The maximum Gasteiger partial charge on any atom is 0.225 e. The number of aryl methyl sites for hydroxylation is 1. The van der Waals surface area contributed by atoms with Gasteiger partial charge in [-0.3, -0.25) is 9.69 Å². The molecule has 1 aliphatic rings. The van der Waals surface area contributed by atoms with E-state index in [1.54, 1.807) is 7.05 Å². The molecule has 1 amide bonds. The molecule has 0 spiro atoms. The third-order valence-electron chi connectivity index (χ3n) is 5.29. The van der Waals surface area contributed by atoms with E-state index in [0.29, 0.717) is 11.3 Å². The highest BCUT2D eigenvalue weighted by atomic mass is 16.5. The van der Waals surface area contributed by atoms with Crippen molar-refractivity contribution in [3.63, 3.8) is 0 Å². The van der Waals surface area contributed by atoms with Crippen LogP contribution in [0.1, 0.15) is 41.7 Å². The highest BCUT2D eigenvalue weighted by Crippen LogP contribution is 2.24. The van der Waals surface area contributed by atoms with Crippen LogP contribution in [0.2, 0.25) is 0 Å². The summed E-state index contributed by atoms with van der Waals surface area (Å²) in [5.74, 6) is 0.870. The molecule has 0 radical (unpaired) electrons. The number of carbonyl (C=O) groups is 1. The van der Waals surface area contributed by atoms with Gasteiger partial charge in [-0.1, -0.05) is 36.4 Å². The average molecular weight is 404 g/mol. The first kappa shape index (κ1) is 21.6. The summed E-state index contributed by atoms with van der Waals surface area (Å²) >= 11 is 0. The van der Waals surface area contributed by atoms with Crippen LogP contribution in [-0.4, -0.2) is 37.0 Å². The van der Waals surface area contributed by atoms with Crippen molar-refractivity contribution in [3.8, 4) is 11.8 Å². The first-order valence-corrected chi connectivity index (χ1v) is 10.3. The highest BCUT2D eigenvalue weighted by Gasteiger charge is 2.31. The molecule has 1 heterocycles. The van der Waals surface area contributed by atoms with Gasteiger partial charge < -0.3 is 10.1 Å². The van der Waals surface area contributed by atoms with Gasteiger partial charge in [0.15, 0.2) is 0 Å². The summed E-state index contributed by atoms with van der Waals surface area (Å²) in [6.45, 7) is 8.52. The van der Waals surface area contributed by atoms with E-state index in [9.17, 15) is 10.1 Å². The van der Waals surface area contributed by atoms with E-state index in [-0.39, 0.29) is 17.9 Å². The van der Waals surface area contributed by atoms with E-state index >= 15 is 0 Å². The SMILES string of the molecule is CNC(=O)C1CN(Cc2ccc(/C=C/c3ccc(OC(C)C)c(C#N)c3)cc2C)C1. The van der Waals surface area contributed by atoms with E-state index in [4.69, 9.17) is 4.74 Å². The van der Waals surface area contributed by atoms with Crippen LogP contribution in [-0.2, 0) is 11.3 Å². The fraction of sp³-hybridized carbons (Fsp3) is 0.360. The Bertz CT molecular complexity index is 982. The van der Waals surface area contributed by atoms with Gasteiger partial charge in [0.1, 0.15) is 11.8 Å². The monoisotopic (exact) mass is 403 g/mol. The first-order chi connectivity index (χ1) is 14.4. The smallest absolute Gasteiger partial charge is 0.225 e. The number of hydrogen-bond acceptors (Lipinski definition) is 4. The van der Waals surface area contributed by atoms with Crippen molar-refractivity contribution >= 4 is 18.1 Å². The number of nitrogens with zero attached hydrogens (tertiary/aromatic N) is 2. The molecule has 1 saturated heterocycles. The molecular weight excluding hydrogens is 374 g/mol. The van der Waals surface area contributed by atoms with Gasteiger partial charge in [0.2, 0.25) is 5.91 Å². The molecule has 0 bridgehead atoms. The summed E-state index contributed by atoms with van der Waals surface area (Å²) in [4.78, 5) is 13.9. The molecule has 0 aromatic heterocycles. The Balaban J connectivity index is 1.64. The quantitative estimate of drug-likeness (QED) is 0.710. The van der Waals surface area contributed by atoms with Crippen LogP contribution in [0.25, 0.3) is 12.2 Å². The Morgan fingerprint density at radius 3 is 2.50 bits per heavy atom. The number of nitrogens with one attached hydrogen (secondary N) is 1. The Morgan fingerprint density at radius 1 is 1.23 bits per heavy atom. The lowest BCUT2D eigenvalue weighted by Crippen LogP contribution is -2.52. The summed E-state index contributed by atoms with van der Waals surface area (Å²) in [5, 5.41) is 12.1. The number of benzene rings is 2. The minimum Gasteiger partial charge on any atom is -0.490 e. The van der Waals surface area contributed by atoms with Crippen molar-refractivity contribution in [3.05, 3.63) is 64.2 Å². The lowest BCUT2D eigenvalue weighted by atomic mass is 9.96. The fourth-order valence-corrected chi connectivity index (χ4v) is 3.60. The predicted molar refractivity (Wildman–Crippen MR) is 120 cm³/mol. The molecule has 0 unspecified atom stereocenters. The first-order valence-electron chi connectivity index (χ1n) is 10.3. The number of ether oxygens (including phenoxy) is 1. The molecule has 3 rings (SSSR count).